The van der Waals surface area contributed by atoms with Gasteiger partial charge in [-0.1, -0.05) is 84.9 Å². The Labute approximate surface area is 334 Å². The molecule has 7 rings (SSSR count). The van der Waals surface area contributed by atoms with Crippen molar-refractivity contribution < 1.29 is 52.4 Å². The Bertz CT molecular complexity index is 2660. The lowest BCUT2D eigenvalue weighted by Gasteiger charge is -2.25. The van der Waals surface area contributed by atoms with Crippen molar-refractivity contribution in [3.8, 4) is 11.1 Å². The lowest BCUT2D eigenvalue weighted by Crippen LogP contribution is -2.44. The summed E-state index contributed by atoms with van der Waals surface area (Å²) in [5.41, 5.74) is -3.07. The molecule has 0 radical (unpaired) electrons. The Balaban J connectivity index is 1.41. The monoisotopic (exact) mass is 798 g/mol. The predicted molar refractivity (Wildman–Crippen MR) is 208 cm³/mol. The molecule has 1 saturated heterocycles. The van der Waals surface area contributed by atoms with Gasteiger partial charge in [-0.05, 0) is 48.0 Å². The maximum absolute atomic E-state index is 14.8. The van der Waals surface area contributed by atoms with E-state index in [1.165, 1.54) is 54.6 Å². The highest BCUT2D eigenvalue weighted by Gasteiger charge is 2.52. The molecule has 0 amide bonds. The summed E-state index contributed by atoms with van der Waals surface area (Å²) in [6.45, 7) is -0.550. The molecule has 59 heavy (non-hydrogen) atoms. The zero-order valence-corrected chi connectivity index (χ0v) is 31.4. The first-order valence-corrected chi connectivity index (χ1v) is 18.1. The molecule has 1 aliphatic heterocycles. The number of methoxy groups -OCH3 is 2. The molecule has 1 aliphatic rings. The normalized spacial score (nSPS) is 17.1. The zero-order valence-electron chi connectivity index (χ0n) is 31.4. The average Bonchev–Trinajstić information content (AvgIpc) is 3.60. The Hall–Kier alpha value is -7.65. The highest BCUT2D eigenvalue weighted by Crippen LogP contribution is 2.35. The van der Waals surface area contributed by atoms with E-state index in [9.17, 15) is 33.6 Å². The number of aromatic nitrogens is 2. The quantitative estimate of drug-likeness (QED) is 0.127. The van der Waals surface area contributed by atoms with Crippen LogP contribution in [0.1, 0.15) is 58.0 Å². The largest absolute Gasteiger partial charge is 0.465 e. The van der Waals surface area contributed by atoms with E-state index in [1.54, 1.807) is 72.8 Å². The number of hydrogen-bond donors (Lipinski definition) is 0. The third kappa shape index (κ3) is 7.86. The average molecular weight is 799 g/mol. The molecular weight excluding hydrogens is 764 g/mol. The number of ether oxygens (including phenoxy) is 6. The summed E-state index contributed by atoms with van der Waals surface area (Å²) < 4.78 is 35.5. The molecule has 3 heterocycles. The molecule has 0 unspecified atom stereocenters. The van der Waals surface area contributed by atoms with Crippen LogP contribution in [0.3, 0.4) is 0 Å². The molecule has 0 N–H and O–H groups in total. The summed E-state index contributed by atoms with van der Waals surface area (Å²) in [6, 6.07) is 32.9. The van der Waals surface area contributed by atoms with E-state index in [1.807, 2.05) is 0 Å². The summed E-state index contributed by atoms with van der Waals surface area (Å²) in [7, 11) is 2.13. The first kappa shape index (κ1) is 39.6. The fourth-order valence-corrected chi connectivity index (χ4v) is 6.73. The number of nitrogens with zero attached hydrogens (tertiary/aromatic N) is 2. The van der Waals surface area contributed by atoms with Gasteiger partial charge in [0.05, 0.1) is 53.1 Å². The number of carbonyl (C=O) groups is 5. The van der Waals surface area contributed by atoms with Crippen molar-refractivity contribution in [2.45, 2.75) is 24.5 Å². The van der Waals surface area contributed by atoms with Gasteiger partial charge in [0.25, 0.3) is 5.56 Å². The third-order valence-corrected chi connectivity index (χ3v) is 9.51. The van der Waals surface area contributed by atoms with E-state index >= 15 is 0 Å². The van der Waals surface area contributed by atoms with Gasteiger partial charge >= 0.3 is 35.5 Å². The third-order valence-electron chi connectivity index (χ3n) is 9.51. The molecule has 0 saturated carbocycles. The molecule has 4 atom stereocenters. The van der Waals surface area contributed by atoms with E-state index in [0.29, 0.717) is 4.40 Å². The Morgan fingerprint density at radius 1 is 0.576 bits per heavy atom. The molecule has 298 valence electrons. The second-order valence-corrected chi connectivity index (χ2v) is 13.0. The van der Waals surface area contributed by atoms with Crippen molar-refractivity contribution in [3.63, 3.8) is 0 Å². The van der Waals surface area contributed by atoms with Crippen LogP contribution in [-0.4, -0.2) is 78.0 Å². The van der Waals surface area contributed by atoms with Crippen LogP contribution in [0.4, 0.5) is 0 Å². The van der Waals surface area contributed by atoms with Gasteiger partial charge in [0, 0.05) is 6.20 Å². The topological polar surface area (TPSA) is 184 Å². The fraction of sp³-hybridized carbons (Fsp3) is 0.159. The van der Waals surface area contributed by atoms with Crippen LogP contribution in [-0.2, 0) is 28.4 Å². The van der Waals surface area contributed by atoms with Gasteiger partial charge in [-0.2, -0.15) is 0 Å². The fourth-order valence-electron chi connectivity index (χ4n) is 6.73. The van der Waals surface area contributed by atoms with Crippen LogP contribution < -0.4 is 11.2 Å². The lowest BCUT2D eigenvalue weighted by atomic mass is 9.96. The van der Waals surface area contributed by atoms with Crippen molar-refractivity contribution in [1.29, 1.82) is 0 Å². The molecule has 1 fully saturated rings. The number of rotatable bonds is 11. The second kappa shape index (κ2) is 17.2. The summed E-state index contributed by atoms with van der Waals surface area (Å²) >= 11 is 0. The molecule has 0 aliphatic carbocycles. The van der Waals surface area contributed by atoms with E-state index < -0.39 is 83.4 Å². The van der Waals surface area contributed by atoms with E-state index in [0.717, 1.165) is 25.0 Å². The molecular formula is C44H34N2O13. The van der Waals surface area contributed by atoms with Gasteiger partial charge in [-0.3, -0.25) is 9.36 Å². The number of fused-ring (bicyclic) bond motifs is 1. The van der Waals surface area contributed by atoms with Crippen molar-refractivity contribution >= 4 is 35.4 Å². The maximum atomic E-state index is 14.8. The van der Waals surface area contributed by atoms with Gasteiger partial charge in [0.15, 0.2) is 18.4 Å². The first-order chi connectivity index (χ1) is 28.6. The van der Waals surface area contributed by atoms with Crippen molar-refractivity contribution in [2.24, 2.45) is 0 Å². The van der Waals surface area contributed by atoms with Gasteiger partial charge in [0.2, 0.25) is 0 Å². The number of hydrogen-bond acceptors (Lipinski definition) is 13. The molecule has 6 aromatic rings. The Kier molecular flexibility index (Phi) is 11.6. The number of benzene rings is 4. The molecule has 0 spiro atoms. The predicted octanol–water partition coefficient (Wildman–Crippen LogP) is 4.91. The van der Waals surface area contributed by atoms with Crippen LogP contribution in [0.2, 0.25) is 0 Å². The van der Waals surface area contributed by atoms with Gasteiger partial charge in [-0.25, -0.2) is 33.2 Å². The van der Waals surface area contributed by atoms with Gasteiger partial charge < -0.3 is 28.4 Å². The number of carbonyl (C=O) groups excluding carboxylic acids is 5. The minimum Gasteiger partial charge on any atom is -0.465 e. The highest BCUT2D eigenvalue weighted by atomic mass is 16.7. The molecule has 2 aromatic heterocycles. The molecule has 15 nitrogen and oxygen atoms in total. The van der Waals surface area contributed by atoms with E-state index in [4.69, 9.17) is 28.4 Å². The van der Waals surface area contributed by atoms with Crippen molar-refractivity contribution in [3.05, 3.63) is 182 Å². The second-order valence-electron chi connectivity index (χ2n) is 13.0. The summed E-state index contributed by atoms with van der Waals surface area (Å²) in [5, 5.41) is 0. The zero-order chi connectivity index (χ0) is 41.6. The summed E-state index contributed by atoms with van der Waals surface area (Å²) in [4.78, 5) is 96.6. The minimum atomic E-state index is -1.65. The van der Waals surface area contributed by atoms with Crippen LogP contribution in [0, 0.1) is 0 Å². The Morgan fingerprint density at radius 2 is 1.05 bits per heavy atom. The van der Waals surface area contributed by atoms with Crippen LogP contribution >= 0.6 is 0 Å². The maximum Gasteiger partial charge on any atom is 0.340 e. The lowest BCUT2D eigenvalue weighted by molar-refractivity contribution is -0.0641. The van der Waals surface area contributed by atoms with Crippen molar-refractivity contribution in [2.75, 3.05) is 20.8 Å². The standard InChI is InChI=1S/C44H34N2O13/c1-54-42(51)33-30-23-24-45(44(53)46(30)37(47)32(34(33)43(52)55-2)26-15-7-3-8-16-26)38-36(59-41(50)29-21-13-6-14-22-29)35(58-40(49)28-19-11-5-12-20-28)31(57-38)25-56-39(48)27-17-9-4-10-18-27/h3-24,31,35-36,38H,25H2,1-2H3/t31-,35-,36-,38-/m1/s1. The summed E-state index contributed by atoms with van der Waals surface area (Å²) in [5.74, 6) is -4.59. The van der Waals surface area contributed by atoms with E-state index in [-0.39, 0.29) is 33.3 Å². The SMILES string of the molecule is COC(=O)c1c(-c2ccccc2)c(=O)n2c(=O)n([C@@H]3O[C@H](COC(=O)c4ccccc4)[C@@H](OC(=O)c4ccccc4)[C@H]3OC(=O)c3ccccc3)ccc2c1C(=O)OC. The molecule has 4 aromatic carbocycles. The van der Waals surface area contributed by atoms with Crippen LogP contribution in [0.25, 0.3) is 16.6 Å². The van der Waals surface area contributed by atoms with Crippen molar-refractivity contribution in [1.82, 2.24) is 8.97 Å². The summed E-state index contributed by atoms with van der Waals surface area (Å²) in [6.07, 6.45) is -5.00. The Morgan fingerprint density at radius 3 is 1.58 bits per heavy atom. The van der Waals surface area contributed by atoms with Gasteiger partial charge in [-0.15, -0.1) is 0 Å². The smallest absolute Gasteiger partial charge is 0.340 e. The minimum absolute atomic E-state index is 0.103. The molecule has 0 bridgehead atoms. The number of esters is 5. The van der Waals surface area contributed by atoms with Crippen LogP contribution in [0.15, 0.2) is 143 Å². The van der Waals surface area contributed by atoms with Gasteiger partial charge in [0.1, 0.15) is 12.7 Å². The van der Waals surface area contributed by atoms with Crippen LogP contribution in [0.5, 0.6) is 0 Å². The van der Waals surface area contributed by atoms with E-state index in [2.05, 4.69) is 0 Å². The first-order valence-electron chi connectivity index (χ1n) is 18.1. The highest BCUT2D eigenvalue weighted by molar-refractivity contribution is 6.11. The molecule has 15 heteroatoms. The number of pyridine rings is 1.